The van der Waals surface area contributed by atoms with Gasteiger partial charge in [0.25, 0.3) is 0 Å². The number of nitro groups is 1. The summed E-state index contributed by atoms with van der Waals surface area (Å²) in [5.41, 5.74) is 0.506. The molecule has 0 unspecified atom stereocenters. The summed E-state index contributed by atoms with van der Waals surface area (Å²) in [6.07, 6.45) is 0. The van der Waals surface area contributed by atoms with E-state index in [0.29, 0.717) is 24.6 Å². The quantitative estimate of drug-likeness (QED) is 0.674. The van der Waals surface area contributed by atoms with Crippen LogP contribution in [0.2, 0.25) is 0 Å². The van der Waals surface area contributed by atoms with Crippen molar-refractivity contribution in [3.8, 4) is 0 Å². The van der Waals surface area contributed by atoms with Gasteiger partial charge in [0.05, 0.1) is 11.5 Å². The predicted octanol–water partition coefficient (Wildman–Crippen LogP) is 3.10. The van der Waals surface area contributed by atoms with Gasteiger partial charge in [0.2, 0.25) is 5.82 Å². The summed E-state index contributed by atoms with van der Waals surface area (Å²) < 4.78 is 1.63. The van der Waals surface area contributed by atoms with Crippen LogP contribution in [-0.2, 0) is 13.1 Å². The Kier molecular flexibility index (Phi) is 3.84. The second-order valence-electron chi connectivity index (χ2n) is 4.22. The van der Waals surface area contributed by atoms with Gasteiger partial charge < -0.3 is 5.32 Å². The Hall–Kier alpha value is -1.89. The highest BCUT2D eigenvalue weighted by Gasteiger charge is 2.24. The van der Waals surface area contributed by atoms with Gasteiger partial charge in [-0.05, 0) is 32.9 Å². The van der Waals surface area contributed by atoms with Gasteiger partial charge in [-0.1, -0.05) is 0 Å². The molecule has 0 fully saturated rings. The highest BCUT2D eigenvalue weighted by molar-refractivity contribution is 7.11. The number of rotatable bonds is 5. The van der Waals surface area contributed by atoms with Crippen LogP contribution in [0.4, 0.5) is 11.5 Å². The summed E-state index contributed by atoms with van der Waals surface area (Å²) in [5.74, 6) is 0.482. The van der Waals surface area contributed by atoms with Crippen LogP contribution in [0.1, 0.15) is 22.4 Å². The van der Waals surface area contributed by atoms with Gasteiger partial charge in [-0.25, -0.2) is 4.68 Å². The van der Waals surface area contributed by atoms with E-state index in [9.17, 15) is 10.1 Å². The smallest absolute Gasteiger partial charge is 0.333 e. The molecule has 0 amide bonds. The molecule has 0 aliphatic carbocycles. The number of anilines is 1. The van der Waals surface area contributed by atoms with Crippen LogP contribution < -0.4 is 5.32 Å². The first-order valence-electron chi connectivity index (χ1n) is 6.04. The van der Waals surface area contributed by atoms with E-state index < -0.39 is 0 Å². The Morgan fingerprint density at radius 2 is 2.21 bits per heavy atom. The van der Waals surface area contributed by atoms with Crippen molar-refractivity contribution in [3.63, 3.8) is 0 Å². The highest BCUT2D eigenvalue weighted by atomic mass is 32.1. The van der Waals surface area contributed by atoms with Crippen molar-refractivity contribution in [3.05, 3.63) is 37.7 Å². The lowest BCUT2D eigenvalue weighted by atomic mass is 10.3. The topological polar surface area (TPSA) is 73.0 Å². The van der Waals surface area contributed by atoms with Gasteiger partial charge in [-0.3, -0.25) is 10.1 Å². The Morgan fingerprint density at radius 1 is 1.47 bits per heavy atom. The molecule has 0 radical (unpaired) electrons. The highest BCUT2D eigenvalue weighted by Crippen LogP contribution is 2.29. The Morgan fingerprint density at radius 3 is 2.74 bits per heavy atom. The molecule has 19 heavy (non-hydrogen) atoms. The number of nitrogens with one attached hydrogen (secondary N) is 1. The second kappa shape index (κ2) is 5.40. The zero-order valence-corrected chi connectivity index (χ0v) is 12.0. The molecule has 0 atom stereocenters. The zero-order valence-electron chi connectivity index (χ0n) is 11.1. The fourth-order valence-electron chi connectivity index (χ4n) is 1.95. The minimum atomic E-state index is -0.378. The lowest BCUT2D eigenvalue weighted by Crippen LogP contribution is -2.07. The van der Waals surface area contributed by atoms with Crippen LogP contribution in [0.25, 0.3) is 0 Å². The summed E-state index contributed by atoms with van der Waals surface area (Å²) in [7, 11) is 0. The van der Waals surface area contributed by atoms with E-state index in [1.54, 1.807) is 22.9 Å². The van der Waals surface area contributed by atoms with E-state index in [-0.39, 0.29) is 10.6 Å². The van der Waals surface area contributed by atoms with Gasteiger partial charge in [-0.15, -0.1) is 11.3 Å². The SMILES string of the molecule is CCn1nc(C)c([N+](=O)[O-])c1NCc1ccc(C)s1. The van der Waals surface area contributed by atoms with Crippen LogP contribution in [0, 0.1) is 24.0 Å². The third kappa shape index (κ3) is 2.76. The Bertz CT molecular complexity index is 603. The van der Waals surface area contributed by atoms with Gasteiger partial charge in [0, 0.05) is 16.3 Å². The third-order valence-corrected chi connectivity index (χ3v) is 3.80. The molecule has 0 aliphatic rings. The van der Waals surface area contributed by atoms with E-state index in [4.69, 9.17) is 0 Å². The lowest BCUT2D eigenvalue weighted by molar-refractivity contribution is -0.384. The number of aryl methyl sites for hydroxylation is 3. The molecule has 2 aromatic rings. The first-order chi connectivity index (χ1) is 9.02. The largest absolute Gasteiger partial charge is 0.360 e. The molecule has 2 aromatic heterocycles. The van der Waals surface area contributed by atoms with Gasteiger partial charge >= 0.3 is 5.69 Å². The van der Waals surface area contributed by atoms with Gasteiger partial charge in [0.1, 0.15) is 5.69 Å². The van der Waals surface area contributed by atoms with Crippen molar-refractivity contribution in [2.75, 3.05) is 5.32 Å². The molecule has 0 bridgehead atoms. The van der Waals surface area contributed by atoms with Crippen LogP contribution in [0.15, 0.2) is 12.1 Å². The third-order valence-electron chi connectivity index (χ3n) is 2.80. The molecule has 0 saturated carbocycles. The van der Waals surface area contributed by atoms with E-state index in [2.05, 4.69) is 10.4 Å². The van der Waals surface area contributed by atoms with Crippen LogP contribution >= 0.6 is 11.3 Å². The van der Waals surface area contributed by atoms with Crippen molar-refractivity contribution < 1.29 is 4.92 Å². The summed E-state index contributed by atoms with van der Waals surface area (Å²) in [4.78, 5) is 13.1. The average molecular weight is 280 g/mol. The van der Waals surface area contributed by atoms with E-state index in [0.717, 1.165) is 4.88 Å². The molecular formula is C12H16N4O2S. The number of hydrogen-bond acceptors (Lipinski definition) is 5. The minimum Gasteiger partial charge on any atom is -0.360 e. The second-order valence-corrected chi connectivity index (χ2v) is 5.59. The van der Waals surface area contributed by atoms with Crippen molar-refractivity contribution in [2.45, 2.75) is 33.9 Å². The lowest BCUT2D eigenvalue weighted by Gasteiger charge is -2.06. The van der Waals surface area contributed by atoms with E-state index in [1.165, 1.54) is 4.88 Å². The molecular weight excluding hydrogens is 264 g/mol. The summed E-state index contributed by atoms with van der Waals surface area (Å²) >= 11 is 1.68. The summed E-state index contributed by atoms with van der Waals surface area (Å²) in [6.45, 7) is 6.78. The van der Waals surface area contributed by atoms with E-state index >= 15 is 0 Å². The van der Waals surface area contributed by atoms with Gasteiger partial charge in [-0.2, -0.15) is 5.10 Å². The Labute approximate surface area is 115 Å². The number of aromatic nitrogens is 2. The molecule has 0 aromatic carbocycles. The first-order valence-corrected chi connectivity index (χ1v) is 6.85. The molecule has 6 nitrogen and oxygen atoms in total. The monoisotopic (exact) mass is 280 g/mol. The van der Waals surface area contributed by atoms with Crippen molar-refractivity contribution in [1.29, 1.82) is 0 Å². The van der Waals surface area contributed by atoms with Crippen molar-refractivity contribution in [1.82, 2.24) is 9.78 Å². The molecule has 0 aliphatic heterocycles. The standard InChI is InChI=1S/C12H16N4O2S/c1-4-15-12(11(16(17)18)9(3)14-15)13-7-10-6-5-8(2)19-10/h5-6,13H,4,7H2,1-3H3. The number of nitrogens with zero attached hydrogens (tertiary/aromatic N) is 3. The van der Waals surface area contributed by atoms with Crippen LogP contribution in [-0.4, -0.2) is 14.7 Å². The summed E-state index contributed by atoms with van der Waals surface area (Å²) in [6, 6.07) is 4.07. The maximum absolute atomic E-state index is 11.1. The van der Waals surface area contributed by atoms with Crippen molar-refractivity contribution >= 4 is 22.8 Å². The fourth-order valence-corrected chi connectivity index (χ4v) is 2.78. The van der Waals surface area contributed by atoms with Crippen LogP contribution in [0.3, 0.4) is 0 Å². The average Bonchev–Trinajstić information content (AvgIpc) is 2.89. The minimum absolute atomic E-state index is 0.0649. The van der Waals surface area contributed by atoms with Gasteiger partial charge in [0.15, 0.2) is 0 Å². The predicted molar refractivity (Wildman–Crippen MR) is 75.7 cm³/mol. The summed E-state index contributed by atoms with van der Waals surface area (Å²) in [5, 5.41) is 18.4. The first kappa shape index (κ1) is 13.5. The molecule has 102 valence electrons. The zero-order chi connectivity index (χ0) is 14.0. The maximum atomic E-state index is 11.1. The molecule has 0 spiro atoms. The molecule has 2 heterocycles. The van der Waals surface area contributed by atoms with Crippen molar-refractivity contribution in [2.24, 2.45) is 0 Å². The maximum Gasteiger partial charge on any atom is 0.333 e. The molecule has 2 rings (SSSR count). The molecule has 7 heteroatoms. The normalized spacial score (nSPS) is 10.7. The molecule has 1 N–H and O–H groups in total. The van der Waals surface area contributed by atoms with Crippen LogP contribution in [0.5, 0.6) is 0 Å². The number of thiophene rings is 1. The molecule has 0 saturated heterocycles. The van der Waals surface area contributed by atoms with E-state index in [1.807, 2.05) is 26.0 Å². The number of hydrogen-bond donors (Lipinski definition) is 1. The Balaban J connectivity index is 2.25. The fraction of sp³-hybridized carbons (Fsp3) is 0.417.